The molecule has 2 nitrogen and oxygen atoms in total. The number of nitrogen functional groups attached to an aromatic ring is 1. The van der Waals surface area contributed by atoms with Crippen LogP contribution >= 0.6 is 0 Å². The molecule has 1 aliphatic heterocycles. The molecular formula is C15H22N2. The zero-order valence-corrected chi connectivity index (χ0v) is 10.7. The molecule has 0 spiro atoms. The van der Waals surface area contributed by atoms with Crippen LogP contribution < -0.4 is 5.73 Å². The first kappa shape index (κ1) is 11.1. The minimum Gasteiger partial charge on any atom is -0.398 e. The van der Waals surface area contributed by atoms with Crippen LogP contribution in [0.2, 0.25) is 0 Å². The smallest absolute Gasteiger partial charge is 0.0363 e. The van der Waals surface area contributed by atoms with Crippen LogP contribution in [0.4, 0.5) is 5.69 Å². The van der Waals surface area contributed by atoms with E-state index in [4.69, 9.17) is 5.73 Å². The average Bonchev–Trinajstić information content (AvgIpc) is 2.98. The fraction of sp³-hybridized carbons (Fsp3) is 0.600. The highest BCUT2D eigenvalue weighted by Gasteiger charge is 2.30. The summed E-state index contributed by atoms with van der Waals surface area (Å²) in [5.41, 5.74) is 9.85. The second-order valence-corrected chi connectivity index (χ2v) is 5.68. The second-order valence-electron chi connectivity index (χ2n) is 5.68. The number of nitrogens with two attached hydrogens (primary N) is 1. The van der Waals surface area contributed by atoms with Crippen LogP contribution in [-0.2, 0) is 13.1 Å². The predicted molar refractivity (Wildman–Crippen MR) is 71.5 cm³/mol. The van der Waals surface area contributed by atoms with E-state index in [2.05, 4.69) is 24.0 Å². The molecular weight excluding hydrogens is 208 g/mol. The van der Waals surface area contributed by atoms with Gasteiger partial charge >= 0.3 is 0 Å². The summed E-state index contributed by atoms with van der Waals surface area (Å²) in [5, 5.41) is 0. The van der Waals surface area contributed by atoms with Crippen molar-refractivity contribution in [1.29, 1.82) is 0 Å². The third-order valence-electron chi connectivity index (χ3n) is 4.70. The monoisotopic (exact) mass is 230 g/mol. The van der Waals surface area contributed by atoms with Gasteiger partial charge in [-0.2, -0.15) is 0 Å². The maximum absolute atomic E-state index is 6.06. The fourth-order valence-corrected chi connectivity index (χ4v) is 3.50. The van der Waals surface area contributed by atoms with Crippen LogP contribution in [0.25, 0.3) is 0 Å². The number of anilines is 1. The molecule has 2 heteroatoms. The Morgan fingerprint density at radius 1 is 1.24 bits per heavy atom. The lowest BCUT2D eigenvalue weighted by atomic mass is 9.98. The third-order valence-corrected chi connectivity index (χ3v) is 4.70. The Balaban J connectivity index is 1.75. The normalized spacial score (nSPS) is 22.9. The van der Waals surface area contributed by atoms with E-state index in [0.717, 1.165) is 24.7 Å². The Labute approximate surface area is 104 Å². The summed E-state index contributed by atoms with van der Waals surface area (Å²) in [6, 6.07) is 7.05. The highest BCUT2D eigenvalue weighted by Crippen LogP contribution is 2.35. The van der Waals surface area contributed by atoms with Gasteiger partial charge in [-0.1, -0.05) is 25.0 Å². The highest BCUT2D eigenvalue weighted by atomic mass is 15.2. The first-order chi connectivity index (χ1) is 8.25. The molecule has 0 aromatic heterocycles. The van der Waals surface area contributed by atoms with Gasteiger partial charge in [0.2, 0.25) is 0 Å². The molecule has 17 heavy (non-hydrogen) atoms. The molecule has 1 fully saturated rings. The maximum atomic E-state index is 6.06. The van der Waals surface area contributed by atoms with Gasteiger partial charge < -0.3 is 5.73 Å². The van der Waals surface area contributed by atoms with Gasteiger partial charge in [0, 0.05) is 24.8 Å². The number of hydrogen-bond acceptors (Lipinski definition) is 2. The van der Waals surface area contributed by atoms with Crippen molar-refractivity contribution in [3.8, 4) is 0 Å². The van der Waals surface area contributed by atoms with Crippen LogP contribution in [0, 0.1) is 5.92 Å². The van der Waals surface area contributed by atoms with E-state index in [0.29, 0.717) is 6.04 Å². The summed E-state index contributed by atoms with van der Waals surface area (Å²) >= 11 is 0. The van der Waals surface area contributed by atoms with Crippen LogP contribution in [0.15, 0.2) is 18.2 Å². The zero-order valence-electron chi connectivity index (χ0n) is 10.7. The number of hydrogen-bond donors (Lipinski definition) is 1. The van der Waals surface area contributed by atoms with Gasteiger partial charge in [0.1, 0.15) is 0 Å². The molecule has 0 saturated heterocycles. The van der Waals surface area contributed by atoms with Crippen LogP contribution in [-0.4, -0.2) is 10.9 Å². The van der Waals surface area contributed by atoms with Gasteiger partial charge in [-0.25, -0.2) is 0 Å². The lowest BCUT2D eigenvalue weighted by Gasteiger charge is -2.29. The molecule has 2 aliphatic rings. The minimum atomic E-state index is 0.712. The lowest BCUT2D eigenvalue weighted by molar-refractivity contribution is 0.156. The van der Waals surface area contributed by atoms with Gasteiger partial charge in [-0.3, -0.25) is 4.90 Å². The Morgan fingerprint density at radius 3 is 2.71 bits per heavy atom. The largest absolute Gasteiger partial charge is 0.398 e. The molecule has 1 aromatic carbocycles. The van der Waals surface area contributed by atoms with Crippen molar-refractivity contribution in [3.05, 3.63) is 29.3 Å². The van der Waals surface area contributed by atoms with Crippen molar-refractivity contribution in [2.24, 2.45) is 5.92 Å². The molecule has 0 amide bonds. The summed E-state index contributed by atoms with van der Waals surface area (Å²) in [6.45, 7) is 4.55. The summed E-state index contributed by atoms with van der Waals surface area (Å²) in [5.74, 6) is 0.908. The van der Waals surface area contributed by atoms with Crippen molar-refractivity contribution >= 4 is 5.69 Å². The molecule has 2 N–H and O–H groups in total. The molecule has 1 heterocycles. The Bertz CT molecular complexity index is 407. The molecule has 0 radical (unpaired) electrons. The van der Waals surface area contributed by atoms with E-state index >= 15 is 0 Å². The number of benzene rings is 1. The molecule has 1 saturated carbocycles. The zero-order chi connectivity index (χ0) is 11.8. The molecule has 3 rings (SSSR count). The highest BCUT2D eigenvalue weighted by molar-refractivity contribution is 5.52. The summed E-state index contributed by atoms with van der Waals surface area (Å²) in [6.07, 6.45) is 5.70. The lowest BCUT2D eigenvalue weighted by Crippen LogP contribution is -2.33. The van der Waals surface area contributed by atoms with E-state index in [1.54, 1.807) is 0 Å². The van der Waals surface area contributed by atoms with Gasteiger partial charge in [0.05, 0.1) is 0 Å². The number of nitrogens with zero attached hydrogens (tertiary/aromatic N) is 1. The van der Waals surface area contributed by atoms with E-state index in [1.165, 1.54) is 36.8 Å². The van der Waals surface area contributed by atoms with E-state index in [-0.39, 0.29) is 0 Å². The Morgan fingerprint density at radius 2 is 2.00 bits per heavy atom. The second kappa shape index (κ2) is 4.34. The SMILES string of the molecule is CC(C1CCCC1)N1Cc2cccc(N)c2C1. The van der Waals surface area contributed by atoms with Gasteiger partial charge in [-0.05, 0) is 42.9 Å². The molecule has 1 atom stereocenters. The average molecular weight is 230 g/mol. The standard InChI is InChI=1S/C15H22N2/c1-11(12-5-2-3-6-12)17-9-13-7-4-8-15(16)14(13)10-17/h4,7-8,11-12H,2-3,5-6,9-10,16H2,1H3. The summed E-state index contributed by atoms with van der Waals surface area (Å²) in [7, 11) is 0. The summed E-state index contributed by atoms with van der Waals surface area (Å²) < 4.78 is 0. The molecule has 1 aromatic rings. The Hall–Kier alpha value is -1.02. The molecule has 0 bridgehead atoms. The van der Waals surface area contributed by atoms with Crippen molar-refractivity contribution in [2.75, 3.05) is 5.73 Å². The minimum absolute atomic E-state index is 0.712. The fourth-order valence-electron chi connectivity index (χ4n) is 3.50. The predicted octanol–water partition coefficient (Wildman–Crippen LogP) is 3.16. The van der Waals surface area contributed by atoms with Gasteiger partial charge in [-0.15, -0.1) is 0 Å². The van der Waals surface area contributed by atoms with Crippen molar-refractivity contribution < 1.29 is 0 Å². The third kappa shape index (κ3) is 1.95. The van der Waals surface area contributed by atoms with Crippen LogP contribution in [0.1, 0.15) is 43.7 Å². The van der Waals surface area contributed by atoms with E-state index < -0.39 is 0 Å². The summed E-state index contributed by atoms with van der Waals surface area (Å²) in [4.78, 5) is 2.61. The first-order valence-corrected chi connectivity index (χ1v) is 6.86. The van der Waals surface area contributed by atoms with Crippen molar-refractivity contribution in [1.82, 2.24) is 4.90 Å². The van der Waals surface area contributed by atoms with Crippen LogP contribution in [0.5, 0.6) is 0 Å². The van der Waals surface area contributed by atoms with E-state index in [9.17, 15) is 0 Å². The van der Waals surface area contributed by atoms with Gasteiger partial charge in [0.15, 0.2) is 0 Å². The molecule has 1 aliphatic carbocycles. The topological polar surface area (TPSA) is 29.3 Å². The molecule has 92 valence electrons. The van der Waals surface area contributed by atoms with Crippen LogP contribution in [0.3, 0.4) is 0 Å². The quantitative estimate of drug-likeness (QED) is 0.791. The van der Waals surface area contributed by atoms with Crippen molar-refractivity contribution in [3.63, 3.8) is 0 Å². The maximum Gasteiger partial charge on any atom is 0.0363 e. The van der Waals surface area contributed by atoms with E-state index in [1.807, 2.05) is 6.07 Å². The van der Waals surface area contributed by atoms with Gasteiger partial charge in [0.25, 0.3) is 0 Å². The first-order valence-electron chi connectivity index (χ1n) is 6.86. The molecule has 1 unspecified atom stereocenters. The number of fused-ring (bicyclic) bond motifs is 1. The number of rotatable bonds is 2. The van der Waals surface area contributed by atoms with Crippen molar-refractivity contribution in [2.45, 2.75) is 51.7 Å². The Kier molecular flexibility index (Phi) is 2.83.